The summed E-state index contributed by atoms with van der Waals surface area (Å²) in [6.07, 6.45) is 2.70. The number of methoxy groups -OCH3 is 1. The number of phenolic OH excluding ortho intramolecular Hbond substituents is 4. The fourth-order valence-electron chi connectivity index (χ4n) is 2.99. The summed E-state index contributed by atoms with van der Waals surface area (Å²) in [6.45, 7) is 0. The lowest BCUT2D eigenvalue weighted by molar-refractivity contribution is 0.104. The first kappa shape index (κ1) is 19.8. The zero-order valence-corrected chi connectivity index (χ0v) is 15.7. The molecule has 4 N–H and O–H groups in total. The minimum absolute atomic E-state index is 0.00738. The van der Waals surface area contributed by atoms with E-state index in [9.17, 15) is 25.2 Å². The van der Waals surface area contributed by atoms with Crippen molar-refractivity contribution in [1.29, 1.82) is 0 Å². The summed E-state index contributed by atoms with van der Waals surface area (Å²) >= 11 is 0. The Kier molecular flexibility index (Phi) is 5.74. The van der Waals surface area contributed by atoms with E-state index in [0.29, 0.717) is 0 Å². The molecule has 0 fully saturated rings. The van der Waals surface area contributed by atoms with Gasteiger partial charge < -0.3 is 25.2 Å². The van der Waals surface area contributed by atoms with Crippen LogP contribution in [0.4, 0.5) is 0 Å². The van der Waals surface area contributed by atoms with Crippen molar-refractivity contribution in [2.24, 2.45) is 0 Å². The fraction of sp³-hybridized carbons (Fsp3) is 0.0870. The second-order valence-corrected chi connectivity index (χ2v) is 6.36. The molecular formula is C23H20O6. The Bertz CT molecular complexity index is 1050. The first-order chi connectivity index (χ1) is 13.9. The van der Waals surface area contributed by atoms with Gasteiger partial charge in [0, 0.05) is 23.6 Å². The van der Waals surface area contributed by atoms with Crippen LogP contribution in [0.2, 0.25) is 0 Å². The lowest BCUT2D eigenvalue weighted by atomic mass is 9.96. The van der Waals surface area contributed by atoms with Gasteiger partial charge in [0.25, 0.3) is 0 Å². The van der Waals surface area contributed by atoms with Gasteiger partial charge in [-0.15, -0.1) is 0 Å². The molecule has 3 aromatic rings. The number of carbonyl (C=O) groups is 1. The average Bonchev–Trinajstić information content (AvgIpc) is 2.71. The Balaban J connectivity index is 2.04. The van der Waals surface area contributed by atoms with Gasteiger partial charge in [-0.3, -0.25) is 4.79 Å². The number of aromatic hydroxyl groups is 4. The molecule has 29 heavy (non-hydrogen) atoms. The number of benzene rings is 3. The van der Waals surface area contributed by atoms with Gasteiger partial charge in [0.15, 0.2) is 5.78 Å². The van der Waals surface area contributed by atoms with Crippen molar-refractivity contribution in [2.75, 3.05) is 7.11 Å². The summed E-state index contributed by atoms with van der Waals surface area (Å²) < 4.78 is 5.16. The van der Waals surface area contributed by atoms with E-state index in [1.807, 2.05) is 30.3 Å². The van der Waals surface area contributed by atoms with Gasteiger partial charge in [0.05, 0.1) is 7.11 Å². The molecule has 0 unspecified atom stereocenters. The summed E-state index contributed by atoms with van der Waals surface area (Å²) in [6, 6.07) is 14.6. The number of carbonyl (C=O) groups excluding carboxylic acids is 1. The molecule has 0 amide bonds. The van der Waals surface area contributed by atoms with Crippen LogP contribution in [0.15, 0.2) is 60.7 Å². The average molecular weight is 392 g/mol. The zero-order valence-electron chi connectivity index (χ0n) is 15.7. The molecular weight excluding hydrogens is 372 g/mol. The number of allylic oxidation sites excluding steroid dienone is 1. The highest BCUT2D eigenvalue weighted by Gasteiger charge is 2.24. The lowest BCUT2D eigenvalue weighted by Gasteiger charge is -2.15. The summed E-state index contributed by atoms with van der Waals surface area (Å²) in [5.74, 6) is -1.72. The predicted molar refractivity (Wildman–Crippen MR) is 109 cm³/mol. The van der Waals surface area contributed by atoms with Crippen LogP contribution >= 0.6 is 0 Å². The fourth-order valence-corrected chi connectivity index (χ4v) is 2.99. The Morgan fingerprint density at radius 3 is 2.17 bits per heavy atom. The van der Waals surface area contributed by atoms with E-state index in [1.165, 1.54) is 37.5 Å². The van der Waals surface area contributed by atoms with Gasteiger partial charge in [-0.25, -0.2) is 0 Å². The second kappa shape index (κ2) is 8.39. The van der Waals surface area contributed by atoms with Crippen LogP contribution in [0.3, 0.4) is 0 Å². The van der Waals surface area contributed by atoms with E-state index in [-0.39, 0.29) is 46.1 Å². The normalized spacial score (nSPS) is 10.9. The van der Waals surface area contributed by atoms with Crippen LogP contribution in [-0.4, -0.2) is 33.3 Å². The van der Waals surface area contributed by atoms with Crippen LogP contribution in [0.1, 0.15) is 27.0 Å². The minimum Gasteiger partial charge on any atom is -0.508 e. The molecule has 0 saturated carbocycles. The summed E-state index contributed by atoms with van der Waals surface area (Å²) in [4.78, 5) is 12.8. The smallest absolute Gasteiger partial charge is 0.193 e. The summed E-state index contributed by atoms with van der Waals surface area (Å²) in [5, 5.41) is 41.1. The molecule has 0 heterocycles. The summed E-state index contributed by atoms with van der Waals surface area (Å²) in [7, 11) is 1.32. The van der Waals surface area contributed by atoms with E-state index in [2.05, 4.69) is 0 Å². The van der Waals surface area contributed by atoms with E-state index in [4.69, 9.17) is 4.74 Å². The standard InChI is InChI=1S/C23H20O6/c1-29-21-13-20(27)16(12-15-17(24)8-5-9-18(15)25)23(28)22(21)19(26)11-10-14-6-3-2-4-7-14/h2-11,13,24-25,27-28H,12H2,1H3. The molecule has 0 saturated heterocycles. The van der Waals surface area contributed by atoms with E-state index in [1.54, 1.807) is 6.08 Å². The molecule has 0 atom stereocenters. The largest absolute Gasteiger partial charge is 0.508 e. The molecule has 0 bridgehead atoms. The van der Waals surface area contributed by atoms with Gasteiger partial charge in [0.2, 0.25) is 0 Å². The third-order valence-electron chi connectivity index (χ3n) is 4.52. The number of rotatable bonds is 6. The third kappa shape index (κ3) is 4.16. The highest BCUT2D eigenvalue weighted by atomic mass is 16.5. The van der Waals surface area contributed by atoms with Gasteiger partial charge in [0.1, 0.15) is 34.3 Å². The Morgan fingerprint density at radius 2 is 1.55 bits per heavy atom. The van der Waals surface area contributed by atoms with Crippen molar-refractivity contribution in [3.63, 3.8) is 0 Å². The molecule has 6 heteroatoms. The third-order valence-corrected chi connectivity index (χ3v) is 4.52. The zero-order chi connectivity index (χ0) is 21.0. The maximum Gasteiger partial charge on any atom is 0.193 e. The second-order valence-electron chi connectivity index (χ2n) is 6.36. The molecule has 148 valence electrons. The number of hydrogen-bond donors (Lipinski definition) is 4. The van der Waals surface area contributed by atoms with Crippen molar-refractivity contribution in [2.45, 2.75) is 6.42 Å². The number of ketones is 1. The van der Waals surface area contributed by atoms with Crippen LogP contribution in [0.5, 0.6) is 28.7 Å². The molecule has 6 nitrogen and oxygen atoms in total. The molecule has 0 aliphatic rings. The SMILES string of the molecule is COc1cc(O)c(Cc2c(O)cccc2O)c(O)c1C(=O)C=Cc1ccccc1. The Labute approximate surface area is 167 Å². The van der Waals surface area contributed by atoms with Crippen molar-refractivity contribution in [3.8, 4) is 28.7 Å². The first-order valence-corrected chi connectivity index (χ1v) is 8.81. The minimum atomic E-state index is -0.522. The molecule has 0 spiro atoms. The van der Waals surface area contributed by atoms with Crippen LogP contribution in [0, 0.1) is 0 Å². The lowest BCUT2D eigenvalue weighted by Crippen LogP contribution is -2.03. The van der Waals surface area contributed by atoms with Gasteiger partial charge in [-0.2, -0.15) is 0 Å². The van der Waals surface area contributed by atoms with Crippen LogP contribution in [0.25, 0.3) is 6.08 Å². The van der Waals surface area contributed by atoms with Crippen molar-refractivity contribution >= 4 is 11.9 Å². The monoisotopic (exact) mass is 392 g/mol. The highest BCUT2D eigenvalue weighted by Crippen LogP contribution is 2.41. The van der Waals surface area contributed by atoms with Crippen molar-refractivity contribution in [3.05, 3.63) is 82.9 Å². The van der Waals surface area contributed by atoms with Crippen LogP contribution < -0.4 is 4.74 Å². The van der Waals surface area contributed by atoms with E-state index < -0.39 is 11.5 Å². The van der Waals surface area contributed by atoms with Gasteiger partial charge >= 0.3 is 0 Å². The van der Waals surface area contributed by atoms with E-state index >= 15 is 0 Å². The van der Waals surface area contributed by atoms with Crippen molar-refractivity contribution < 1.29 is 30.0 Å². The Hall–Kier alpha value is -3.93. The van der Waals surface area contributed by atoms with Crippen LogP contribution in [-0.2, 0) is 6.42 Å². The molecule has 0 radical (unpaired) electrons. The van der Waals surface area contributed by atoms with Gasteiger partial charge in [-0.1, -0.05) is 42.5 Å². The number of phenols is 4. The van der Waals surface area contributed by atoms with Gasteiger partial charge in [-0.05, 0) is 23.8 Å². The molecule has 0 aliphatic heterocycles. The molecule has 0 aliphatic carbocycles. The van der Waals surface area contributed by atoms with Crippen molar-refractivity contribution in [1.82, 2.24) is 0 Å². The van der Waals surface area contributed by atoms with E-state index in [0.717, 1.165) is 5.56 Å². The maximum atomic E-state index is 12.8. The number of ether oxygens (including phenoxy) is 1. The quantitative estimate of drug-likeness (QED) is 0.373. The summed E-state index contributed by atoms with van der Waals surface area (Å²) in [5.41, 5.74) is 0.778. The molecule has 3 rings (SSSR count). The topological polar surface area (TPSA) is 107 Å². The number of hydrogen-bond acceptors (Lipinski definition) is 6. The maximum absolute atomic E-state index is 12.8. The Morgan fingerprint density at radius 1 is 0.897 bits per heavy atom. The molecule has 0 aromatic heterocycles. The predicted octanol–water partition coefficient (Wildman–Crippen LogP) is 4.00. The highest BCUT2D eigenvalue weighted by molar-refractivity contribution is 6.11. The molecule has 3 aromatic carbocycles. The first-order valence-electron chi connectivity index (χ1n) is 8.81.